The fourth-order valence-corrected chi connectivity index (χ4v) is 7.57. The third-order valence-electron chi connectivity index (χ3n) is 11.8. The minimum absolute atomic E-state index is 0.102. The molecule has 0 saturated heterocycles. The number of unbranched alkanes of at least 4 members (excludes halogenated alkanes) is 25. The van der Waals surface area contributed by atoms with Crippen LogP contribution in [0.1, 0.15) is 265 Å². The summed E-state index contributed by atoms with van der Waals surface area (Å²) in [7, 11) is 0. The lowest BCUT2D eigenvalue weighted by molar-refractivity contribution is -0.167. The molecule has 1 atom stereocenters. The number of hydrogen-bond acceptors (Lipinski definition) is 6. The Bertz CT molecular complexity index is 1300. The lowest BCUT2D eigenvalue weighted by atomic mass is 10.1. The predicted octanol–water partition coefficient (Wildman–Crippen LogP) is 18.8. The molecule has 0 saturated carbocycles. The molecule has 0 aromatic carbocycles. The van der Waals surface area contributed by atoms with E-state index >= 15 is 0 Å². The molecular weight excluding hydrogens is 829 g/mol. The van der Waals surface area contributed by atoms with Gasteiger partial charge in [0, 0.05) is 19.3 Å². The topological polar surface area (TPSA) is 78.9 Å². The first-order valence-corrected chi connectivity index (χ1v) is 28.1. The van der Waals surface area contributed by atoms with Gasteiger partial charge in [-0.1, -0.05) is 209 Å². The van der Waals surface area contributed by atoms with Crippen molar-refractivity contribution in [1.82, 2.24) is 0 Å². The Morgan fingerprint density at radius 2 is 0.537 bits per heavy atom. The zero-order chi connectivity index (χ0) is 48.6. The van der Waals surface area contributed by atoms with Crippen molar-refractivity contribution in [2.24, 2.45) is 0 Å². The van der Waals surface area contributed by atoms with Crippen LogP contribution in [0.4, 0.5) is 0 Å². The highest BCUT2D eigenvalue weighted by Crippen LogP contribution is 2.14. The smallest absolute Gasteiger partial charge is 0.306 e. The number of allylic oxidation sites excluding steroid dienone is 14. The Morgan fingerprint density at radius 1 is 0.299 bits per heavy atom. The van der Waals surface area contributed by atoms with Crippen molar-refractivity contribution in [3.63, 3.8) is 0 Å². The Balaban J connectivity index is 4.48. The zero-order valence-electron chi connectivity index (χ0n) is 43.9. The lowest BCUT2D eigenvalue weighted by Gasteiger charge is -2.18. The summed E-state index contributed by atoms with van der Waals surface area (Å²) in [5, 5.41) is 0. The largest absolute Gasteiger partial charge is 0.462 e. The maximum absolute atomic E-state index is 12.8. The molecule has 0 aromatic heterocycles. The third kappa shape index (κ3) is 53.4. The number of ether oxygens (including phenoxy) is 3. The first kappa shape index (κ1) is 63.6. The van der Waals surface area contributed by atoms with E-state index in [0.29, 0.717) is 19.3 Å². The molecule has 0 aliphatic rings. The van der Waals surface area contributed by atoms with Crippen molar-refractivity contribution in [2.75, 3.05) is 13.2 Å². The molecule has 0 fully saturated rings. The standard InChI is InChI=1S/C61H104O6/c1-4-7-10-13-16-19-22-25-28-30-33-35-38-41-44-47-50-53-59(62)65-56-58(67-61(64)55-52-49-46-43-40-37-32-27-24-21-18-15-12-9-6-3)57-66-60(63)54-51-48-45-42-39-36-34-31-29-26-23-20-17-14-11-8-5-2/h16,18-19,21,25-29,32-33,35,40,43,58H,4-15,17,20,22-24,30-31,34,36-39,41-42,44-57H2,1-3H3/b19-16-,21-18-,28-25-,29-26-,32-27-,35-33-,43-40-/t58-/m1/s1. The second kappa shape index (κ2) is 55.2. The Hall–Kier alpha value is -3.41. The Labute approximate surface area is 414 Å². The number of rotatable bonds is 50. The van der Waals surface area contributed by atoms with Crippen LogP contribution in [-0.2, 0) is 28.6 Å². The van der Waals surface area contributed by atoms with Gasteiger partial charge in [-0.05, 0) is 122 Å². The van der Waals surface area contributed by atoms with Crippen LogP contribution in [0.2, 0.25) is 0 Å². The normalized spacial score (nSPS) is 12.7. The molecule has 6 nitrogen and oxygen atoms in total. The second-order valence-corrected chi connectivity index (χ2v) is 18.5. The van der Waals surface area contributed by atoms with E-state index in [-0.39, 0.29) is 37.5 Å². The van der Waals surface area contributed by atoms with E-state index < -0.39 is 6.10 Å². The van der Waals surface area contributed by atoms with Gasteiger partial charge in [0.25, 0.3) is 0 Å². The minimum Gasteiger partial charge on any atom is -0.462 e. The average molecular weight is 933 g/mol. The number of carbonyl (C=O) groups is 3. The van der Waals surface area contributed by atoms with Gasteiger partial charge < -0.3 is 14.2 Å². The van der Waals surface area contributed by atoms with E-state index in [0.717, 1.165) is 89.9 Å². The highest BCUT2D eigenvalue weighted by Gasteiger charge is 2.19. The van der Waals surface area contributed by atoms with Gasteiger partial charge in [-0.3, -0.25) is 14.4 Å². The molecule has 0 unspecified atom stereocenters. The fourth-order valence-electron chi connectivity index (χ4n) is 7.57. The Kier molecular flexibility index (Phi) is 52.4. The highest BCUT2D eigenvalue weighted by molar-refractivity contribution is 5.71. The third-order valence-corrected chi connectivity index (χ3v) is 11.8. The molecule has 0 radical (unpaired) electrons. The van der Waals surface area contributed by atoms with Crippen LogP contribution < -0.4 is 0 Å². The van der Waals surface area contributed by atoms with Crippen molar-refractivity contribution in [2.45, 2.75) is 271 Å². The molecule has 0 heterocycles. The number of esters is 3. The van der Waals surface area contributed by atoms with Crippen LogP contribution in [0.25, 0.3) is 0 Å². The van der Waals surface area contributed by atoms with Crippen molar-refractivity contribution in [3.05, 3.63) is 85.1 Å². The summed E-state index contributed by atoms with van der Waals surface area (Å²) in [6.45, 7) is 6.53. The van der Waals surface area contributed by atoms with E-state index in [9.17, 15) is 14.4 Å². The van der Waals surface area contributed by atoms with Gasteiger partial charge in [-0.25, -0.2) is 0 Å². The van der Waals surface area contributed by atoms with Crippen molar-refractivity contribution < 1.29 is 28.6 Å². The summed E-state index contributed by atoms with van der Waals surface area (Å²) >= 11 is 0. The summed E-state index contributed by atoms with van der Waals surface area (Å²) in [6, 6.07) is 0. The maximum atomic E-state index is 12.8. The van der Waals surface area contributed by atoms with Crippen LogP contribution in [0.5, 0.6) is 0 Å². The second-order valence-electron chi connectivity index (χ2n) is 18.5. The molecular formula is C61H104O6. The molecule has 0 spiro atoms. The molecule has 67 heavy (non-hydrogen) atoms. The van der Waals surface area contributed by atoms with Gasteiger partial charge in [0.15, 0.2) is 6.10 Å². The molecule has 0 bridgehead atoms. The van der Waals surface area contributed by atoms with Gasteiger partial charge in [0.1, 0.15) is 13.2 Å². The van der Waals surface area contributed by atoms with E-state index in [2.05, 4.69) is 106 Å². The van der Waals surface area contributed by atoms with Gasteiger partial charge in [0.05, 0.1) is 0 Å². The fraction of sp³-hybridized carbons (Fsp3) is 0.721. The van der Waals surface area contributed by atoms with E-state index in [1.807, 2.05) is 0 Å². The number of carbonyl (C=O) groups excluding carboxylic acids is 3. The van der Waals surface area contributed by atoms with Gasteiger partial charge in [-0.2, -0.15) is 0 Å². The molecule has 6 heteroatoms. The van der Waals surface area contributed by atoms with Gasteiger partial charge >= 0.3 is 17.9 Å². The van der Waals surface area contributed by atoms with E-state index in [1.54, 1.807) is 0 Å². The summed E-state index contributed by atoms with van der Waals surface area (Å²) < 4.78 is 16.8. The van der Waals surface area contributed by atoms with E-state index in [1.165, 1.54) is 128 Å². The molecule has 384 valence electrons. The van der Waals surface area contributed by atoms with Crippen LogP contribution in [0.3, 0.4) is 0 Å². The zero-order valence-corrected chi connectivity index (χ0v) is 43.9. The molecule has 0 N–H and O–H groups in total. The van der Waals surface area contributed by atoms with Gasteiger partial charge in [0.2, 0.25) is 0 Å². The Morgan fingerprint density at radius 3 is 0.910 bits per heavy atom. The molecule has 0 aromatic rings. The summed E-state index contributed by atoms with van der Waals surface area (Å²) in [6.07, 6.45) is 71.4. The maximum Gasteiger partial charge on any atom is 0.306 e. The quantitative estimate of drug-likeness (QED) is 0.0262. The van der Waals surface area contributed by atoms with Crippen molar-refractivity contribution in [3.8, 4) is 0 Å². The summed E-state index contributed by atoms with van der Waals surface area (Å²) in [5.74, 6) is -0.963. The highest BCUT2D eigenvalue weighted by atomic mass is 16.6. The van der Waals surface area contributed by atoms with Gasteiger partial charge in [-0.15, -0.1) is 0 Å². The minimum atomic E-state index is -0.808. The first-order valence-electron chi connectivity index (χ1n) is 28.1. The van der Waals surface area contributed by atoms with Crippen LogP contribution in [0, 0.1) is 0 Å². The van der Waals surface area contributed by atoms with Crippen molar-refractivity contribution in [1.29, 1.82) is 0 Å². The van der Waals surface area contributed by atoms with Crippen molar-refractivity contribution >= 4 is 17.9 Å². The monoisotopic (exact) mass is 933 g/mol. The van der Waals surface area contributed by atoms with E-state index in [4.69, 9.17) is 14.2 Å². The summed E-state index contributed by atoms with van der Waals surface area (Å²) in [5.41, 5.74) is 0. The molecule has 0 aliphatic carbocycles. The molecule has 0 aliphatic heterocycles. The average Bonchev–Trinajstić information content (AvgIpc) is 3.33. The van der Waals surface area contributed by atoms with Crippen LogP contribution in [0.15, 0.2) is 85.1 Å². The number of hydrogen-bond donors (Lipinski definition) is 0. The lowest BCUT2D eigenvalue weighted by Crippen LogP contribution is -2.30. The molecule has 0 rings (SSSR count). The summed E-state index contributed by atoms with van der Waals surface area (Å²) in [4.78, 5) is 38.1. The predicted molar refractivity (Wildman–Crippen MR) is 288 cm³/mol. The SMILES string of the molecule is CCCCC/C=C\C/C=C\C/C=C\CCCCCCC(=O)OC[C@H](COC(=O)CCCCCCCCC/C=C\CCCCCCCC)OC(=O)CCCC/C=C\C/C=C\C/C=C\CCCCC. The van der Waals surface area contributed by atoms with Crippen LogP contribution in [-0.4, -0.2) is 37.2 Å². The van der Waals surface area contributed by atoms with Crippen LogP contribution >= 0.6 is 0 Å². The first-order chi connectivity index (χ1) is 33.0. The molecule has 0 amide bonds.